The van der Waals surface area contributed by atoms with E-state index in [9.17, 15) is 35.5 Å². The SMILES string of the molecule is N#C/C(C(=O)N1CCCCC1)=C(/O)c1cc(O)c(O)c([N+](=O)[O-])c1. The van der Waals surface area contributed by atoms with E-state index in [2.05, 4.69) is 0 Å². The lowest BCUT2D eigenvalue weighted by Crippen LogP contribution is -2.36. The Labute approximate surface area is 136 Å². The number of carbonyl (C=O) groups excluding carboxylic acids is 1. The summed E-state index contributed by atoms with van der Waals surface area (Å²) >= 11 is 0. The quantitative estimate of drug-likeness (QED) is 0.191. The number of nitro benzene ring substituents is 1. The molecule has 1 saturated heterocycles. The average molecular weight is 333 g/mol. The lowest BCUT2D eigenvalue weighted by Gasteiger charge is -2.26. The van der Waals surface area contributed by atoms with E-state index >= 15 is 0 Å². The number of aliphatic hydroxyl groups excluding tert-OH is 1. The maximum Gasteiger partial charge on any atom is 0.315 e. The monoisotopic (exact) mass is 333 g/mol. The van der Waals surface area contributed by atoms with E-state index in [-0.39, 0.29) is 5.56 Å². The summed E-state index contributed by atoms with van der Waals surface area (Å²) in [7, 11) is 0. The highest BCUT2D eigenvalue weighted by molar-refractivity contribution is 6.03. The van der Waals surface area contributed by atoms with Gasteiger partial charge in [-0.05, 0) is 25.3 Å². The summed E-state index contributed by atoms with van der Waals surface area (Å²) in [6.45, 7) is 0.913. The highest BCUT2D eigenvalue weighted by atomic mass is 16.6. The third kappa shape index (κ3) is 3.22. The predicted octanol–water partition coefficient (Wildman–Crippen LogP) is 1.81. The molecule has 0 saturated carbocycles. The Morgan fingerprint density at radius 2 is 1.88 bits per heavy atom. The van der Waals surface area contributed by atoms with Crippen molar-refractivity contribution < 1.29 is 25.0 Å². The normalized spacial score (nSPS) is 15.4. The zero-order chi connectivity index (χ0) is 17.9. The fourth-order valence-corrected chi connectivity index (χ4v) is 2.48. The van der Waals surface area contributed by atoms with Crippen LogP contribution in [0.3, 0.4) is 0 Å². The maximum absolute atomic E-state index is 12.4. The van der Waals surface area contributed by atoms with Crippen molar-refractivity contribution in [2.24, 2.45) is 0 Å². The number of piperidine rings is 1. The summed E-state index contributed by atoms with van der Waals surface area (Å²) in [6, 6.07) is 3.23. The number of phenols is 2. The minimum atomic E-state index is -0.961. The molecule has 1 aromatic carbocycles. The predicted molar refractivity (Wildman–Crippen MR) is 82.0 cm³/mol. The number of carbonyl (C=O) groups is 1. The van der Waals surface area contributed by atoms with Gasteiger partial charge in [0, 0.05) is 24.7 Å². The topological polar surface area (TPSA) is 148 Å². The number of rotatable bonds is 3. The maximum atomic E-state index is 12.4. The second-order valence-corrected chi connectivity index (χ2v) is 5.31. The van der Waals surface area contributed by atoms with Crippen LogP contribution < -0.4 is 0 Å². The van der Waals surface area contributed by atoms with Gasteiger partial charge in [-0.15, -0.1) is 0 Å². The zero-order valence-electron chi connectivity index (χ0n) is 12.6. The van der Waals surface area contributed by atoms with Gasteiger partial charge in [0.1, 0.15) is 11.8 Å². The first-order valence-corrected chi connectivity index (χ1v) is 7.20. The molecule has 0 radical (unpaired) electrons. The summed E-state index contributed by atoms with van der Waals surface area (Å²) in [5.41, 5.74) is -1.73. The van der Waals surface area contributed by atoms with Crippen LogP contribution in [0.4, 0.5) is 5.69 Å². The number of amides is 1. The van der Waals surface area contributed by atoms with Crippen LogP contribution in [-0.4, -0.2) is 44.1 Å². The molecule has 2 rings (SSSR count). The number of aliphatic hydroxyl groups is 1. The fourth-order valence-electron chi connectivity index (χ4n) is 2.48. The van der Waals surface area contributed by atoms with Gasteiger partial charge in [0.2, 0.25) is 5.75 Å². The van der Waals surface area contributed by atoms with E-state index in [0.29, 0.717) is 13.1 Å². The second kappa shape index (κ2) is 6.87. The van der Waals surface area contributed by atoms with Crippen LogP contribution in [-0.2, 0) is 4.79 Å². The van der Waals surface area contributed by atoms with Gasteiger partial charge in [-0.2, -0.15) is 5.26 Å². The lowest BCUT2D eigenvalue weighted by molar-refractivity contribution is -0.386. The molecule has 3 N–H and O–H groups in total. The van der Waals surface area contributed by atoms with Crippen LogP contribution >= 0.6 is 0 Å². The Bertz CT molecular complexity index is 759. The lowest BCUT2D eigenvalue weighted by atomic mass is 10.0. The van der Waals surface area contributed by atoms with Crippen molar-refractivity contribution in [2.45, 2.75) is 19.3 Å². The van der Waals surface area contributed by atoms with Gasteiger partial charge < -0.3 is 20.2 Å². The average Bonchev–Trinajstić information content (AvgIpc) is 2.58. The minimum Gasteiger partial charge on any atom is -0.506 e. The van der Waals surface area contributed by atoms with Crippen molar-refractivity contribution in [1.82, 2.24) is 4.90 Å². The number of nitriles is 1. The summed E-state index contributed by atoms with van der Waals surface area (Å²) in [4.78, 5) is 23.7. The van der Waals surface area contributed by atoms with Gasteiger partial charge in [0.25, 0.3) is 5.91 Å². The first kappa shape index (κ1) is 17.1. The van der Waals surface area contributed by atoms with Crippen molar-refractivity contribution in [1.29, 1.82) is 5.26 Å². The second-order valence-electron chi connectivity index (χ2n) is 5.31. The van der Waals surface area contributed by atoms with Crippen molar-refractivity contribution in [3.8, 4) is 17.6 Å². The number of hydrogen-bond donors (Lipinski definition) is 3. The van der Waals surface area contributed by atoms with E-state index in [0.717, 1.165) is 31.4 Å². The standard InChI is InChI=1S/C15H15N3O6/c16-8-10(15(22)17-4-2-1-3-5-17)13(20)9-6-11(18(23)24)14(21)12(19)7-9/h6-7,19-21H,1-5H2/b13-10-. The highest BCUT2D eigenvalue weighted by Gasteiger charge is 2.26. The number of nitrogens with zero attached hydrogens (tertiary/aromatic N) is 3. The van der Waals surface area contributed by atoms with Crippen molar-refractivity contribution in [3.63, 3.8) is 0 Å². The number of hydrogen-bond acceptors (Lipinski definition) is 7. The van der Waals surface area contributed by atoms with Crippen molar-refractivity contribution in [2.75, 3.05) is 13.1 Å². The molecular weight excluding hydrogens is 318 g/mol. The first-order chi connectivity index (χ1) is 11.4. The molecule has 0 spiro atoms. The van der Waals surface area contributed by atoms with Crippen LogP contribution in [0.25, 0.3) is 5.76 Å². The third-order valence-electron chi connectivity index (χ3n) is 3.75. The molecule has 1 aliphatic rings. The van der Waals surface area contributed by atoms with E-state index < -0.39 is 39.3 Å². The van der Waals surface area contributed by atoms with Gasteiger partial charge >= 0.3 is 5.69 Å². The molecule has 1 aromatic rings. The van der Waals surface area contributed by atoms with Gasteiger partial charge in [-0.3, -0.25) is 14.9 Å². The summed E-state index contributed by atoms with van der Waals surface area (Å²) < 4.78 is 0. The number of nitro groups is 1. The molecule has 9 nitrogen and oxygen atoms in total. The smallest absolute Gasteiger partial charge is 0.315 e. The molecule has 1 heterocycles. The summed E-state index contributed by atoms with van der Waals surface area (Å²) in [5, 5.41) is 49.3. The first-order valence-electron chi connectivity index (χ1n) is 7.20. The minimum absolute atomic E-state index is 0.307. The molecular formula is C15H15N3O6. The van der Waals surface area contributed by atoms with Gasteiger partial charge in [-0.1, -0.05) is 0 Å². The number of phenolic OH excluding ortho intramolecular Hbond substituents is 2. The van der Waals surface area contributed by atoms with Crippen LogP contribution in [0.15, 0.2) is 17.7 Å². The zero-order valence-corrected chi connectivity index (χ0v) is 12.6. The van der Waals surface area contributed by atoms with Crippen LogP contribution in [0, 0.1) is 21.4 Å². The fraction of sp³-hybridized carbons (Fsp3) is 0.333. The number of likely N-dealkylation sites (tertiary alicyclic amines) is 1. The number of benzene rings is 1. The molecule has 1 aliphatic heterocycles. The largest absolute Gasteiger partial charge is 0.506 e. The van der Waals surface area contributed by atoms with E-state index in [4.69, 9.17) is 0 Å². The highest BCUT2D eigenvalue weighted by Crippen LogP contribution is 2.38. The van der Waals surface area contributed by atoms with E-state index in [1.54, 1.807) is 6.07 Å². The Balaban J connectivity index is 2.48. The Kier molecular flexibility index (Phi) is 4.89. The van der Waals surface area contributed by atoms with Crippen molar-refractivity contribution >= 4 is 17.4 Å². The summed E-state index contributed by atoms with van der Waals surface area (Å²) in [5.74, 6) is -3.26. The summed E-state index contributed by atoms with van der Waals surface area (Å²) in [6.07, 6.45) is 2.55. The molecule has 126 valence electrons. The van der Waals surface area contributed by atoms with E-state index in [1.807, 2.05) is 0 Å². The molecule has 0 atom stereocenters. The van der Waals surface area contributed by atoms with E-state index in [1.165, 1.54) is 4.90 Å². The molecule has 0 aromatic heterocycles. The molecule has 1 fully saturated rings. The Morgan fingerprint density at radius 1 is 1.25 bits per heavy atom. The molecule has 0 aliphatic carbocycles. The molecule has 9 heteroatoms. The third-order valence-corrected chi connectivity index (χ3v) is 3.75. The molecule has 24 heavy (non-hydrogen) atoms. The van der Waals surface area contributed by atoms with Gasteiger partial charge in [0.05, 0.1) is 4.92 Å². The van der Waals surface area contributed by atoms with Crippen LogP contribution in [0.1, 0.15) is 24.8 Å². The van der Waals surface area contributed by atoms with Gasteiger partial charge in [0.15, 0.2) is 11.3 Å². The van der Waals surface area contributed by atoms with Gasteiger partial charge in [-0.25, -0.2) is 0 Å². The van der Waals surface area contributed by atoms with Crippen molar-refractivity contribution in [3.05, 3.63) is 33.4 Å². The Morgan fingerprint density at radius 3 is 2.42 bits per heavy atom. The molecule has 0 bridgehead atoms. The Hall–Kier alpha value is -3.28. The molecule has 1 amide bonds. The molecule has 0 unspecified atom stereocenters. The van der Waals surface area contributed by atoms with Crippen LogP contribution in [0.5, 0.6) is 11.5 Å². The number of aromatic hydroxyl groups is 2. The van der Waals surface area contributed by atoms with Crippen LogP contribution in [0.2, 0.25) is 0 Å².